The molecule has 0 radical (unpaired) electrons. The van der Waals surface area contributed by atoms with E-state index in [1.165, 1.54) is 5.56 Å². The van der Waals surface area contributed by atoms with Crippen molar-refractivity contribution < 1.29 is 0 Å². The summed E-state index contributed by atoms with van der Waals surface area (Å²) in [5, 5.41) is 3.33. The first-order chi connectivity index (χ1) is 8.16. The molecule has 0 bridgehead atoms. The van der Waals surface area contributed by atoms with Crippen molar-refractivity contribution in [3.63, 3.8) is 0 Å². The normalized spacial score (nSPS) is 12.1. The highest BCUT2D eigenvalue weighted by Crippen LogP contribution is 2.22. The van der Waals surface area contributed by atoms with Gasteiger partial charge in [0.15, 0.2) is 0 Å². The summed E-state index contributed by atoms with van der Waals surface area (Å²) < 4.78 is 0. The van der Waals surface area contributed by atoms with Crippen LogP contribution in [0.4, 0.5) is 11.5 Å². The third-order valence-electron chi connectivity index (χ3n) is 2.72. The molecule has 3 N–H and O–H groups in total. The Morgan fingerprint density at radius 3 is 2.53 bits per heavy atom. The fraction of sp³-hybridized carbons (Fsp3) is 0.214. The summed E-state index contributed by atoms with van der Waals surface area (Å²) in [6.07, 6.45) is 0. The van der Waals surface area contributed by atoms with Crippen LogP contribution in [0.3, 0.4) is 0 Å². The molecule has 88 valence electrons. The van der Waals surface area contributed by atoms with E-state index in [2.05, 4.69) is 29.4 Å². The molecule has 0 fully saturated rings. The van der Waals surface area contributed by atoms with Gasteiger partial charge in [0, 0.05) is 5.69 Å². The summed E-state index contributed by atoms with van der Waals surface area (Å²) in [5.74, 6) is 0.751. The zero-order valence-electron chi connectivity index (χ0n) is 10.1. The Morgan fingerprint density at radius 1 is 1.12 bits per heavy atom. The Morgan fingerprint density at radius 2 is 1.82 bits per heavy atom. The van der Waals surface area contributed by atoms with Crippen LogP contribution < -0.4 is 11.1 Å². The molecule has 0 saturated heterocycles. The molecule has 2 aromatic rings. The predicted octanol–water partition coefficient (Wildman–Crippen LogP) is 3.15. The third-order valence-corrected chi connectivity index (χ3v) is 2.72. The minimum absolute atomic E-state index is 0.188. The van der Waals surface area contributed by atoms with E-state index in [4.69, 9.17) is 5.73 Å². The minimum atomic E-state index is 0.188. The van der Waals surface area contributed by atoms with Gasteiger partial charge in [0.2, 0.25) is 0 Å². The first-order valence-electron chi connectivity index (χ1n) is 5.71. The molecule has 0 aliphatic carbocycles. The highest BCUT2D eigenvalue weighted by molar-refractivity contribution is 5.61. The van der Waals surface area contributed by atoms with Crippen molar-refractivity contribution in [2.45, 2.75) is 19.9 Å². The van der Waals surface area contributed by atoms with Crippen LogP contribution in [0.2, 0.25) is 0 Å². The van der Waals surface area contributed by atoms with Crippen LogP contribution >= 0.6 is 0 Å². The monoisotopic (exact) mass is 227 g/mol. The molecule has 0 saturated carbocycles. The number of anilines is 2. The lowest BCUT2D eigenvalue weighted by molar-refractivity contribution is 0.873. The van der Waals surface area contributed by atoms with Crippen LogP contribution in [0.1, 0.15) is 24.2 Å². The largest absolute Gasteiger partial charge is 0.396 e. The summed E-state index contributed by atoms with van der Waals surface area (Å²) in [7, 11) is 0. The third kappa shape index (κ3) is 2.75. The second-order valence-electron chi connectivity index (χ2n) is 4.17. The van der Waals surface area contributed by atoms with Crippen molar-refractivity contribution in [2.75, 3.05) is 11.1 Å². The Labute approximate surface area is 102 Å². The number of benzene rings is 1. The van der Waals surface area contributed by atoms with Crippen molar-refractivity contribution in [3.05, 3.63) is 53.7 Å². The summed E-state index contributed by atoms with van der Waals surface area (Å²) in [4.78, 5) is 4.40. The van der Waals surface area contributed by atoms with Gasteiger partial charge in [0.25, 0.3) is 0 Å². The Balaban J connectivity index is 2.18. The van der Waals surface area contributed by atoms with Crippen molar-refractivity contribution in [3.8, 4) is 0 Å². The zero-order valence-corrected chi connectivity index (χ0v) is 10.1. The van der Waals surface area contributed by atoms with Gasteiger partial charge in [0.05, 0.1) is 11.7 Å². The number of hydrogen-bond donors (Lipinski definition) is 2. The Kier molecular flexibility index (Phi) is 3.28. The number of aromatic nitrogens is 1. The molecule has 1 unspecified atom stereocenters. The predicted molar refractivity (Wildman–Crippen MR) is 71.9 cm³/mol. The molecule has 0 aliphatic rings. The van der Waals surface area contributed by atoms with Crippen LogP contribution in [-0.4, -0.2) is 4.98 Å². The summed E-state index contributed by atoms with van der Waals surface area (Å²) in [6.45, 7) is 4.05. The van der Waals surface area contributed by atoms with Gasteiger partial charge >= 0.3 is 0 Å². The quantitative estimate of drug-likeness (QED) is 0.847. The van der Waals surface area contributed by atoms with Crippen LogP contribution in [0, 0.1) is 6.92 Å². The van der Waals surface area contributed by atoms with Crippen LogP contribution in [0.15, 0.2) is 42.5 Å². The molecule has 1 aromatic heterocycles. The molecule has 1 heterocycles. The number of nitrogens with zero attached hydrogens (tertiary/aromatic N) is 1. The number of hydrogen-bond acceptors (Lipinski definition) is 3. The van der Waals surface area contributed by atoms with E-state index in [-0.39, 0.29) is 6.04 Å². The van der Waals surface area contributed by atoms with E-state index < -0.39 is 0 Å². The lowest BCUT2D eigenvalue weighted by Crippen LogP contribution is -2.10. The SMILES string of the molecule is Cc1ccc(N)c(NC(C)c2ccccc2)n1. The van der Waals surface area contributed by atoms with E-state index in [0.29, 0.717) is 5.69 Å². The van der Waals surface area contributed by atoms with E-state index >= 15 is 0 Å². The smallest absolute Gasteiger partial charge is 0.149 e. The van der Waals surface area contributed by atoms with Crippen molar-refractivity contribution in [1.82, 2.24) is 4.98 Å². The summed E-state index contributed by atoms with van der Waals surface area (Å²) >= 11 is 0. The number of nitrogen functional groups attached to an aromatic ring is 1. The topological polar surface area (TPSA) is 50.9 Å². The van der Waals surface area contributed by atoms with Crippen molar-refractivity contribution >= 4 is 11.5 Å². The maximum atomic E-state index is 5.89. The molecular weight excluding hydrogens is 210 g/mol. The molecule has 0 aliphatic heterocycles. The molecule has 1 aromatic carbocycles. The van der Waals surface area contributed by atoms with Crippen LogP contribution in [0.25, 0.3) is 0 Å². The molecule has 0 spiro atoms. The van der Waals surface area contributed by atoms with E-state index in [1.807, 2.05) is 37.3 Å². The second-order valence-corrected chi connectivity index (χ2v) is 4.17. The number of rotatable bonds is 3. The van der Waals surface area contributed by atoms with Gasteiger partial charge in [-0.1, -0.05) is 30.3 Å². The molecule has 1 atom stereocenters. The van der Waals surface area contributed by atoms with Gasteiger partial charge in [-0.05, 0) is 31.5 Å². The lowest BCUT2D eigenvalue weighted by Gasteiger charge is -2.16. The van der Waals surface area contributed by atoms with Crippen LogP contribution in [-0.2, 0) is 0 Å². The molecule has 3 heteroatoms. The highest BCUT2D eigenvalue weighted by atomic mass is 15.0. The van der Waals surface area contributed by atoms with Gasteiger partial charge in [-0.15, -0.1) is 0 Å². The molecule has 17 heavy (non-hydrogen) atoms. The number of nitrogens with two attached hydrogens (primary N) is 1. The maximum absolute atomic E-state index is 5.89. The molecule has 0 amide bonds. The average Bonchev–Trinajstić information content (AvgIpc) is 2.35. The Bertz CT molecular complexity index is 494. The highest BCUT2D eigenvalue weighted by Gasteiger charge is 2.07. The van der Waals surface area contributed by atoms with Gasteiger partial charge in [-0.2, -0.15) is 0 Å². The molecule has 3 nitrogen and oxygen atoms in total. The molecular formula is C14H17N3. The average molecular weight is 227 g/mol. The fourth-order valence-corrected chi connectivity index (χ4v) is 1.71. The van der Waals surface area contributed by atoms with Gasteiger partial charge < -0.3 is 11.1 Å². The van der Waals surface area contributed by atoms with Gasteiger partial charge in [-0.25, -0.2) is 4.98 Å². The first-order valence-corrected chi connectivity index (χ1v) is 5.71. The lowest BCUT2D eigenvalue weighted by atomic mass is 10.1. The van der Waals surface area contributed by atoms with Crippen molar-refractivity contribution in [2.24, 2.45) is 0 Å². The Hall–Kier alpha value is -2.03. The summed E-state index contributed by atoms with van der Waals surface area (Å²) in [6, 6.07) is 14.2. The maximum Gasteiger partial charge on any atom is 0.149 e. The number of nitrogens with one attached hydrogen (secondary N) is 1. The van der Waals surface area contributed by atoms with E-state index in [1.54, 1.807) is 0 Å². The standard InChI is InChI=1S/C14H17N3/c1-10-8-9-13(15)14(16-10)17-11(2)12-6-4-3-5-7-12/h3-9,11H,15H2,1-2H3,(H,16,17). The number of aryl methyl sites for hydroxylation is 1. The first kappa shape index (κ1) is 11.5. The van der Waals surface area contributed by atoms with Crippen molar-refractivity contribution in [1.29, 1.82) is 0 Å². The second kappa shape index (κ2) is 4.87. The fourth-order valence-electron chi connectivity index (χ4n) is 1.71. The van der Waals surface area contributed by atoms with Gasteiger partial charge in [-0.3, -0.25) is 0 Å². The van der Waals surface area contributed by atoms with Crippen LogP contribution in [0.5, 0.6) is 0 Å². The summed E-state index contributed by atoms with van der Waals surface area (Å²) in [5.41, 5.74) is 8.75. The van der Waals surface area contributed by atoms with Gasteiger partial charge in [0.1, 0.15) is 5.82 Å². The minimum Gasteiger partial charge on any atom is -0.396 e. The number of pyridine rings is 1. The van der Waals surface area contributed by atoms with E-state index in [9.17, 15) is 0 Å². The van der Waals surface area contributed by atoms with E-state index in [0.717, 1.165) is 11.5 Å². The molecule has 2 rings (SSSR count). The zero-order chi connectivity index (χ0) is 12.3.